The van der Waals surface area contributed by atoms with E-state index < -0.39 is 8.32 Å². The topological polar surface area (TPSA) is 35.5 Å². The van der Waals surface area contributed by atoms with Crippen LogP contribution in [0.2, 0.25) is 18.1 Å². The first kappa shape index (κ1) is 20.0. The van der Waals surface area contributed by atoms with E-state index in [4.69, 9.17) is 4.43 Å². The first-order valence-electron chi connectivity index (χ1n) is 8.82. The van der Waals surface area contributed by atoms with Gasteiger partial charge in [-0.1, -0.05) is 26.8 Å². The van der Waals surface area contributed by atoms with Gasteiger partial charge in [-0.15, -0.1) is 0 Å². The molecule has 0 N–H and O–H groups in total. The van der Waals surface area contributed by atoms with Crippen LogP contribution in [0.1, 0.15) is 65.7 Å². The van der Waals surface area contributed by atoms with Gasteiger partial charge in [-0.2, -0.15) is 0 Å². The van der Waals surface area contributed by atoms with E-state index in [-0.39, 0.29) is 11.0 Å². The molecule has 0 radical (unpaired) electrons. The summed E-state index contributed by atoms with van der Waals surface area (Å²) in [4.78, 5) is 11.0. The van der Waals surface area contributed by atoms with E-state index in [1.165, 1.54) is 43.8 Å². The van der Waals surface area contributed by atoms with Gasteiger partial charge in [-0.05, 0) is 62.2 Å². The maximum Gasteiger partial charge on any atom is 0.330 e. The lowest BCUT2D eigenvalue weighted by Gasteiger charge is -2.39. The number of carbonyl (C=O) groups excluding carboxylic acids is 1. The van der Waals surface area contributed by atoms with E-state index in [2.05, 4.69) is 38.6 Å². The summed E-state index contributed by atoms with van der Waals surface area (Å²) in [7, 11) is -0.335. The van der Waals surface area contributed by atoms with Crippen molar-refractivity contribution in [1.82, 2.24) is 0 Å². The maximum atomic E-state index is 11.0. The molecule has 3 nitrogen and oxygen atoms in total. The second kappa shape index (κ2) is 8.72. The van der Waals surface area contributed by atoms with Crippen LogP contribution in [0.15, 0.2) is 23.5 Å². The molecule has 0 aromatic heterocycles. The Hall–Kier alpha value is -1.03. The van der Waals surface area contributed by atoms with Gasteiger partial charge >= 0.3 is 5.97 Å². The number of unbranched alkanes of at least 4 members (excludes halogenated alkanes) is 1. The number of allylic oxidation sites excluding steroid dienone is 3. The van der Waals surface area contributed by atoms with E-state index in [9.17, 15) is 4.79 Å². The predicted octanol–water partition coefficient (Wildman–Crippen LogP) is 5.74. The van der Waals surface area contributed by atoms with Crippen molar-refractivity contribution in [3.63, 3.8) is 0 Å². The van der Waals surface area contributed by atoms with Gasteiger partial charge in [0.1, 0.15) is 0 Å². The number of carbonyl (C=O) groups is 1. The Kier molecular flexibility index (Phi) is 7.58. The molecule has 0 aromatic carbocycles. The van der Waals surface area contributed by atoms with Crippen LogP contribution >= 0.6 is 0 Å². The fraction of sp³-hybridized carbons (Fsp3) is 0.737. The summed E-state index contributed by atoms with van der Waals surface area (Å²) in [6.45, 7) is 11.5. The maximum absolute atomic E-state index is 11.0. The highest BCUT2D eigenvalue weighted by molar-refractivity contribution is 6.74. The predicted molar refractivity (Wildman–Crippen MR) is 98.8 cm³/mol. The van der Waals surface area contributed by atoms with Crippen molar-refractivity contribution in [2.24, 2.45) is 0 Å². The van der Waals surface area contributed by atoms with Crippen molar-refractivity contribution in [2.45, 2.75) is 83.8 Å². The largest absolute Gasteiger partial charge is 0.547 e. The standard InChI is InChI=1S/C19H34O3Si/c1-19(2,3)23(5,6)22-17-14-11-10-13-16(17)12-8-7-9-15-18(20)21-4/h9,15H,7-8,10-14H2,1-6H3/b15-9+. The summed E-state index contributed by atoms with van der Waals surface area (Å²) < 4.78 is 11.2. The molecular weight excluding hydrogens is 304 g/mol. The van der Waals surface area contributed by atoms with Gasteiger partial charge in [0.25, 0.3) is 0 Å². The molecule has 0 aliphatic heterocycles. The first-order valence-corrected chi connectivity index (χ1v) is 11.7. The molecule has 23 heavy (non-hydrogen) atoms. The zero-order valence-corrected chi connectivity index (χ0v) is 16.8. The van der Waals surface area contributed by atoms with Crippen LogP contribution in [-0.2, 0) is 14.0 Å². The lowest BCUT2D eigenvalue weighted by atomic mass is 9.94. The van der Waals surface area contributed by atoms with Gasteiger partial charge in [0.05, 0.1) is 12.9 Å². The average molecular weight is 339 g/mol. The molecule has 0 spiro atoms. The lowest BCUT2D eigenvalue weighted by molar-refractivity contribution is -0.134. The number of hydrogen-bond donors (Lipinski definition) is 0. The summed E-state index contributed by atoms with van der Waals surface area (Å²) in [5, 5.41) is 0.242. The van der Waals surface area contributed by atoms with Gasteiger partial charge in [-0.25, -0.2) is 4.79 Å². The lowest BCUT2D eigenvalue weighted by Crippen LogP contribution is -2.40. The molecule has 1 rings (SSSR count). The normalized spacial score (nSPS) is 16.8. The molecule has 0 heterocycles. The van der Waals surface area contributed by atoms with E-state index in [1.54, 1.807) is 0 Å². The van der Waals surface area contributed by atoms with Crippen molar-refractivity contribution in [2.75, 3.05) is 7.11 Å². The van der Waals surface area contributed by atoms with Crippen LogP contribution in [0.5, 0.6) is 0 Å². The monoisotopic (exact) mass is 338 g/mol. The smallest absolute Gasteiger partial charge is 0.330 e. The molecule has 0 unspecified atom stereocenters. The first-order chi connectivity index (χ1) is 10.7. The SMILES string of the molecule is COC(=O)/C=C/CCCC1=C(O[Si](C)(C)C(C)(C)C)CCCC1. The van der Waals surface area contributed by atoms with Gasteiger partial charge in [-0.3, -0.25) is 0 Å². The summed E-state index contributed by atoms with van der Waals surface area (Å²) in [6.07, 6.45) is 11.3. The minimum atomic E-state index is -1.74. The second-order valence-electron chi connectivity index (χ2n) is 7.91. The molecule has 0 aromatic rings. The number of hydrogen-bond acceptors (Lipinski definition) is 3. The number of rotatable bonds is 7. The van der Waals surface area contributed by atoms with Gasteiger partial charge in [0.15, 0.2) is 0 Å². The number of esters is 1. The van der Waals surface area contributed by atoms with Crippen LogP contribution in [0.25, 0.3) is 0 Å². The summed E-state index contributed by atoms with van der Waals surface area (Å²) in [6, 6.07) is 0. The van der Waals surface area contributed by atoms with Crippen LogP contribution in [-0.4, -0.2) is 21.4 Å². The Labute approximate surface area is 143 Å². The van der Waals surface area contributed by atoms with Crippen molar-refractivity contribution in [1.29, 1.82) is 0 Å². The average Bonchev–Trinajstić information content (AvgIpc) is 2.46. The number of methoxy groups -OCH3 is 1. The summed E-state index contributed by atoms with van der Waals surface area (Å²) >= 11 is 0. The minimum Gasteiger partial charge on any atom is -0.547 e. The summed E-state index contributed by atoms with van der Waals surface area (Å²) in [5.41, 5.74) is 1.51. The zero-order valence-electron chi connectivity index (χ0n) is 15.8. The Morgan fingerprint density at radius 3 is 2.48 bits per heavy atom. The molecule has 0 amide bonds. The van der Waals surface area contributed by atoms with Crippen LogP contribution in [0.3, 0.4) is 0 Å². The van der Waals surface area contributed by atoms with E-state index in [0.717, 1.165) is 25.7 Å². The second-order valence-corrected chi connectivity index (χ2v) is 12.6. The van der Waals surface area contributed by atoms with E-state index in [0.29, 0.717) is 0 Å². The molecule has 0 saturated heterocycles. The molecule has 0 atom stereocenters. The van der Waals surface area contributed by atoms with Crippen LogP contribution < -0.4 is 0 Å². The molecule has 0 fully saturated rings. The molecule has 1 aliphatic rings. The van der Waals surface area contributed by atoms with Gasteiger partial charge in [0.2, 0.25) is 8.32 Å². The molecule has 1 aliphatic carbocycles. The van der Waals surface area contributed by atoms with Crippen molar-refractivity contribution in [3.05, 3.63) is 23.5 Å². The molecule has 0 bridgehead atoms. The Morgan fingerprint density at radius 2 is 1.87 bits per heavy atom. The third kappa shape index (κ3) is 6.54. The van der Waals surface area contributed by atoms with Crippen LogP contribution in [0, 0.1) is 0 Å². The Morgan fingerprint density at radius 1 is 1.22 bits per heavy atom. The Balaban J connectivity index is 2.63. The number of ether oxygens (including phenoxy) is 1. The Bertz CT molecular complexity index is 456. The molecule has 132 valence electrons. The zero-order chi connectivity index (χ0) is 17.5. The van der Waals surface area contributed by atoms with Crippen molar-refractivity contribution < 1.29 is 14.0 Å². The fourth-order valence-corrected chi connectivity index (χ4v) is 3.64. The highest BCUT2D eigenvalue weighted by atomic mass is 28.4. The van der Waals surface area contributed by atoms with Crippen molar-refractivity contribution in [3.8, 4) is 0 Å². The van der Waals surface area contributed by atoms with Gasteiger partial charge < -0.3 is 9.16 Å². The fourth-order valence-electron chi connectivity index (χ4n) is 2.47. The molecular formula is C19H34O3Si. The quantitative estimate of drug-likeness (QED) is 0.257. The van der Waals surface area contributed by atoms with E-state index in [1.807, 2.05) is 6.08 Å². The molecule has 4 heteroatoms. The highest BCUT2D eigenvalue weighted by Crippen LogP contribution is 2.40. The minimum absolute atomic E-state index is 0.242. The van der Waals surface area contributed by atoms with E-state index >= 15 is 0 Å². The van der Waals surface area contributed by atoms with Gasteiger partial charge in [0, 0.05) is 12.5 Å². The van der Waals surface area contributed by atoms with Crippen LogP contribution in [0.4, 0.5) is 0 Å². The third-order valence-electron chi connectivity index (χ3n) is 5.02. The van der Waals surface area contributed by atoms with Crippen molar-refractivity contribution >= 4 is 14.3 Å². The molecule has 0 saturated carbocycles. The third-order valence-corrected chi connectivity index (χ3v) is 9.38. The highest BCUT2D eigenvalue weighted by Gasteiger charge is 2.39. The summed E-state index contributed by atoms with van der Waals surface area (Å²) in [5.74, 6) is 1.00.